The Kier molecular flexibility index (Phi) is 4.77. The number of carbonyl (C=O) groups excluding carboxylic acids is 1. The van der Waals surface area contributed by atoms with Gasteiger partial charge in [-0.05, 0) is 59.1 Å². The highest BCUT2D eigenvalue weighted by Crippen LogP contribution is 2.29. The van der Waals surface area contributed by atoms with Crippen molar-refractivity contribution in [3.05, 3.63) is 69.8 Å². The van der Waals surface area contributed by atoms with E-state index < -0.39 is 0 Å². The highest BCUT2D eigenvalue weighted by atomic mass is 16.1. The van der Waals surface area contributed by atoms with Gasteiger partial charge in [-0.25, -0.2) is 0 Å². The monoisotopic (exact) mass is 322 g/mol. The molecule has 0 heterocycles. The molecule has 24 heavy (non-hydrogen) atoms. The van der Waals surface area contributed by atoms with Crippen molar-refractivity contribution in [2.24, 2.45) is 0 Å². The first-order valence-electron chi connectivity index (χ1n) is 8.68. The van der Waals surface area contributed by atoms with Gasteiger partial charge in [-0.15, -0.1) is 0 Å². The van der Waals surface area contributed by atoms with Gasteiger partial charge in [0, 0.05) is 11.1 Å². The third-order valence-electron chi connectivity index (χ3n) is 4.59. The van der Waals surface area contributed by atoms with Gasteiger partial charge in [-0.3, -0.25) is 4.79 Å². The quantitative estimate of drug-likeness (QED) is 0.608. The summed E-state index contributed by atoms with van der Waals surface area (Å²) in [5, 5.41) is 0. The standard InChI is InChI=1S/C23H30O/c1-15-13-17(9-11-19(15)22(3,4)5)21(24)18-10-12-20(16(2)14-18)23(6,7)8/h9-14H,1-8H3. The number of ketones is 1. The van der Waals surface area contributed by atoms with Crippen LogP contribution in [-0.4, -0.2) is 5.78 Å². The molecule has 2 aromatic carbocycles. The molecule has 0 aliphatic heterocycles. The summed E-state index contributed by atoms with van der Waals surface area (Å²) >= 11 is 0. The molecule has 0 radical (unpaired) electrons. The van der Waals surface area contributed by atoms with Gasteiger partial charge in [0.05, 0.1) is 0 Å². The number of hydrogen-bond donors (Lipinski definition) is 0. The summed E-state index contributed by atoms with van der Waals surface area (Å²) in [6.45, 7) is 17.4. The minimum Gasteiger partial charge on any atom is -0.289 e. The molecule has 0 aromatic heterocycles. The molecule has 0 atom stereocenters. The Morgan fingerprint density at radius 2 is 1.00 bits per heavy atom. The molecule has 2 rings (SSSR count). The summed E-state index contributed by atoms with van der Waals surface area (Å²) in [7, 11) is 0. The summed E-state index contributed by atoms with van der Waals surface area (Å²) in [5.41, 5.74) is 6.66. The highest BCUT2D eigenvalue weighted by molar-refractivity contribution is 6.09. The minimum absolute atomic E-state index is 0.0939. The predicted molar refractivity (Wildman–Crippen MR) is 103 cm³/mol. The number of carbonyl (C=O) groups is 1. The van der Waals surface area contributed by atoms with Crippen molar-refractivity contribution in [2.75, 3.05) is 0 Å². The lowest BCUT2D eigenvalue weighted by atomic mass is 9.82. The summed E-state index contributed by atoms with van der Waals surface area (Å²) < 4.78 is 0. The van der Waals surface area contributed by atoms with Crippen molar-refractivity contribution < 1.29 is 4.79 Å². The van der Waals surface area contributed by atoms with E-state index in [1.54, 1.807) is 0 Å². The lowest BCUT2D eigenvalue weighted by Crippen LogP contribution is -2.15. The largest absolute Gasteiger partial charge is 0.289 e. The Morgan fingerprint density at radius 1 is 0.667 bits per heavy atom. The summed E-state index contributed by atoms with van der Waals surface area (Å²) in [5.74, 6) is 0.0992. The van der Waals surface area contributed by atoms with E-state index in [0.717, 1.165) is 11.1 Å². The zero-order chi connectivity index (χ0) is 18.3. The van der Waals surface area contributed by atoms with E-state index in [1.807, 2.05) is 24.3 Å². The van der Waals surface area contributed by atoms with Crippen LogP contribution in [-0.2, 0) is 10.8 Å². The third-order valence-corrected chi connectivity index (χ3v) is 4.59. The van der Waals surface area contributed by atoms with Crippen LogP contribution in [0.3, 0.4) is 0 Å². The molecule has 1 heteroatoms. The predicted octanol–water partition coefficient (Wildman–Crippen LogP) is 6.13. The van der Waals surface area contributed by atoms with Crippen molar-refractivity contribution in [2.45, 2.75) is 66.2 Å². The molecular formula is C23H30O. The molecule has 0 saturated carbocycles. The van der Waals surface area contributed by atoms with Gasteiger partial charge < -0.3 is 0 Å². The lowest BCUT2D eigenvalue weighted by Gasteiger charge is -2.23. The molecule has 0 unspecified atom stereocenters. The molecule has 0 N–H and O–H groups in total. The Hall–Kier alpha value is -1.89. The molecule has 128 valence electrons. The Balaban J connectivity index is 2.40. The van der Waals surface area contributed by atoms with Crippen LogP contribution in [0.15, 0.2) is 36.4 Å². The maximum absolute atomic E-state index is 12.9. The average Bonchev–Trinajstić information content (AvgIpc) is 2.43. The summed E-state index contributed by atoms with van der Waals surface area (Å²) in [6.07, 6.45) is 0. The molecule has 0 bridgehead atoms. The average molecular weight is 322 g/mol. The maximum atomic E-state index is 12.9. The van der Waals surface area contributed by atoms with Gasteiger partial charge in [0.1, 0.15) is 0 Å². The van der Waals surface area contributed by atoms with Crippen molar-refractivity contribution in [1.82, 2.24) is 0 Å². The summed E-state index contributed by atoms with van der Waals surface area (Å²) in [6, 6.07) is 12.2. The minimum atomic E-state index is 0.0939. The van der Waals surface area contributed by atoms with Gasteiger partial charge in [0.2, 0.25) is 0 Å². The smallest absolute Gasteiger partial charge is 0.193 e. The molecule has 0 amide bonds. The van der Waals surface area contributed by atoms with Crippen LogP contribution in [0.4, 0.5) is 0 Å². The van der Waals surface area contributed by atoms with Gasteiger partial charge in [-0.1, -0.05) is 65.8 Å². The van der Waals surface area contributed by atoms with Gasteiger partial charge in [-0.2, -0.15) is 0 Å². The van der Waals surface area contributed by atoms with Crippen LogP contribution in [0.5, 0.6) is 0 Å². The first kappa shape index (κ1) is 18.4. The molecule has 0 saturated heterocycles. The van der Waals surface area contributed by atoms with E-state index >= 15 is 0 Å². The van der Waals surface area contributed by atoms with Crippen molar-refractivity contribution in [1.29, 1.82) is 0 Å². The fraction of sp³-hybridized carbons (Fsp3) is 0.435. The van der Waals surface area contributed by atoms with Crippen LogP contribution >= 0.6 is 0 Å². The normalized spacial score (nSPS) is 12.3. The van der Waals surface area contributed by atoms with Crippen LogP contribution in [0.25, 0.3) is 0 Å². The Labute approximate surface area is 147 Å². The Bertz CT molecular complexity index is 702. The van der Waals surface area contributed by atoms with Gasteiger partial charge in [0.15, 0.2) is 5.78 Å². The number of rotatable bonds is 2. The van der Waals surface area contributed by atoms with E-state index in [2.05, 4.69) is 67.5 Å². The Morgan fingerprint density at radius 3 is 1.25 bits per heavy atom. The van der Waals surface area contributed by atoms with Crippen LogP contribution < -0.4 is 0 Å². The molecule has 2 aromatic rings. The fourth-order valence-electron chi connectivity index (χ4n) is 3.46. The highest BCUT2D eigenvalue weighted by Gasteiger charge is 2.20. The van der Waals surface area contributed by atoms with Crippen molar-refractivity contribution >= 4 is 5.78 Å². The zero-order valence-corrected chi connectivity index (χ0v) is 16.4. The van der Waals surface area contributed by atoms with Gasteiger partial charge in [0.25, 0.3) is 0 Å². The number of aryl methyl sites for hydroxylation is 2. The molecule has 0 aliphatic carbocycles. The van der Waals surface area contributed by atoms with E-state index in [1.165, 1.54) is 22.3 Å². The SMILES string of the molecule is Cc1cc(C(=O)c2ccc(C(C)(C)C)c(C)c2)ccc1C(C)(C)C. The molecule has 0 fully saturated rings. The van der Waals surface area contributed by atoms with Crippen molar-refractivity contribution in [3.63, 3.8) is 0 Å². The maximum Gasteiger partial charge on any atom is 0.193 e. The third kappa shape index (κ3) is 3.77. The second-order valence-corrected chi connectivity index (χ2v) is 8.89. The van der Waals surface area contributed by atoms with E-state index in [9.17, 15) is 4.79 Å². The molecule has 0 aliphatic rings. The second kappa shape index (κ2) is 6.20. The lowest BCUT2D eigenvalue weighted by molar-refractivity contribution is 0.103. The molecular weight excluding hydrogens is 292 g/mol. The topological polar surface area (TPSA) is 17.1 Å². The van der Waals surface area contributed by atoms with E-state index in [-0.39, 0.29) is 16.6 Å². The van der Waals surface area contributed by atoms with Crippen LogP contribution in [0.1, 0.15) is 79.7 Å². The van der Waals surface area contributed by atoms with Gasteiger partial charge >= 0.3 is 0 Å². The zero-order valence-electron chi connectivity index (χ0n) is 16.4. The fourth-order valence-corrected chi connectivity index (χ4v) is 3.46. The molecule has 0 spiro atoms. The summed E-state index contributed by atoms with van der Waals surface area (Å²) in [4.78, 5) is 12.9. The molecule has 1 nitrogen and oxygen atoms in total. The van der Waals surface area contributed by atoms with E-state index in [4.69, 9.17) is 0 Å². The number of benzene rings is 2. The second-order valence-electron chi connectivity index (χ2n) is 8.89. The van der Waals surface area contributed by atoms with E-state index in [0.29, 0.717) is 0 Å². The number of hydrogen-bond acceptors (Lipinski definition) is 1. The van der Waals surface area contributed by atoms with Crippen LogP contribution in [0.2, 0.25) is 0 Å². The van der Waals surface area contributed by atoms with Crippen molar-refractivity contribution in [3.8, 4) is 0 Å². The van der Waals surface area contributed by atoms with Crippen LogP contribution in [0, 0.1) is 13.8 Å². The first-order chi connectivity index (χ1) is 10.9. The first-order valence-corrected chi connectivity index (χ1v) is 8.68.